The molecule has 0 aliphatic carbocycles. The summed E-state index contributed by atoms with van der Waals surface area (Å²) in [5.41, 5.74) is 16.5. The van der Waals surface area contributed by atoms with Crippen LogP contribution in [-0.2, 0) is 13.1 Å². The lowest BCUT2D eigenvalue weighted by molar-refractivity contribution is -0.384. The van der Waals surface area contributed by atoms with Gasteiger partial charge >= 0.3 is 5.69 Å². The maximum absolute atomic E-state index is 14.0. The van der Waals surface area contributed by atoms with Crippen LogP contribution in [-0.4, -0.2) is 102 Å². The van der Waals surface area contributed by atoms with Crippen LogP contribution in [0.1, 0.15) is 81.9 Å². The van der Waals surface area contributed by atoms with Gasteiger partial charge in [-0.25, -0.2) is 38.1 Å². The van der Waals surface area contributed by atoms with Crippen LogP contribution in [0.4, 0.5) is 70.8 Å². The number of ether oxygens (including phenoxy) is 7. The first-order valence-corrected chi connectivity index (χ1v) is 35.1. The number of aromatic nitrogens is 10. The second-order valence-electron chi connectivity index (χ2n) is 25.6. The molecule has 8 N–H and O–H groups in total. The number of anilines is 9. The standard InChI is InChI=1S/C29H26FN7O5.C29H28FN7O3.C22H14FN7O/c1-40-20-6-4-18(27(13-20)41-2)15-32-23-7-3-17(14-31)11-24(23)35-29-33-16-25(37(38)39)28(36-29)34-22-9-10-42-26-8-5-19(30)12-21(22)26;1-38-20-6-4-18(27(13-20)39-2)15-33-24-7-3-17(14-31)11-25(24)36-29-34-16-22(32)28(37-29)35-23-9-10-40-26-8-5-19(30)12-21(23)26;23-14-2-4-20-15(8-14)18(5-6-31-20)29-11-27-17-10-25-22(28-21(17)29)30-12-26-16-3-1-13(9-24)7-19(16)30/h3-8,11-13,16,22,32H,9-10,15H2,1-2H3,(H2,33,34,35,36);3-8,11-13,16,23,33H,9-10,15,32H2,1-2H3,(H2,34,35,36,37);1-4,7-8,10-12,18H,5-6H2. The van der Waals surface area contributed by atoms with E-state index in [1.165, 1.54) is 48.7 Å². The zero-order valence-corrected chi connectivity index (χ0v) is 60.8. The predicted molar refractivity (Wildman–Crippen MR) is 413 cm³/mol. The number of nitrogens with zero attached hydrogens (tertiary/aromatic N) is 14. The Balaban J connectivity index is 0.000000142. The fraction of sp³-hybridized carbons (Fsp3) is 0.188. The number of nitrogens with two attached hydrogens (primary N) is 1. The van der Waals surface area contributed by atoms with Crippen molar-refractivity contribution >= 4 is 79.9 Å². The molecule has 33 heteroatoms. The Morgan fingerprint density at radius 3 is 1.58 bits per heavy atom. The highest BCUT2D eigenvalue weighted by Gasteiger charge is 2.30. The van der Waals surface area contributed by atoms with Crippen molar-refractivity contribution in [2.24, 2.45) is 0 Å². The summed E-state index contributed by atoms with van der Waals surface area (Å²) in [6.45, 7) is 2.16. The van der Waals surface area contributed by atoms with Gasteiger partial charge in [0.05, 0.1) is 164 Å². The van der Waals surface area contributed by atoms with Gasteiger partial charge in [0.15, 0.2) is 11.5 Å². The van der Waals surface area contributed by atoms with Crippen molar-refractivity contribution in [3.8, 4) is 64.4 Å². The predicted octanol–water partition coefficient (Wildman–Crippen LogP) is 14.6. The zero-order chi connectivity index (χ0) is 78.7. The van der Waals surface area contributed by atoms with Gasteiger partial charge in [0.1, 0.15) is 75.7 Å². The summed E-state index contributed by atoms with van der Waals surface area (Å²) in [5, 5.41) is 59.4. The highest BCUT2D eigenvalue weighted by molar-refractivity contribution is 5.80. The fourth-order valence-corrected chi connectivity index (χ4v) is 13.0. The third-order valence-electron chi connectivity index (χ3n) is 18.7. The molecule has 0 spiro atoms. The molecule has 3 atom stereocenters. The Bertz CT molecular complexity index is 5890. The van der Waals surface area contributed by atoms with Crippen molar-refractivity contribution in [1.82, 2.24) is 49.0 Å². The monoisotopic (exact) mass is 1520 g/mol. The maximum atomic E-state index is 14.0. The number of nitriles is 3. The highest BCUT2D eigenvalue weighted by Crippen LogP contribution is 2.41. The summed E-state index contributed by atoms with van der Waals surface area (Å²) in [6.07, 6.45) is 9.28. The van der Waals surface area contributed by atoms with Crippen molar-refractivity contribution in [2.75, 3.05) is 85.9 Å². The van der Waals surface area contributed by atoms with Crippen LogP contribution in [0, 0.1) is 61.6 Å². The number of benzene rings is 8. The minimum Gasteiger partial charge on any atom is -0.497 e. The van der Waals surface area contributed by atoms with E-state index in [0.717, 1.165) is 39.6 Å². The molecule has 30 nitrogen and oxygen atoms in total. The average Bonchev–Trinajstić information content (AvgIpc) is 1.66. The number of fused-ring (bicyclic) bond motifs is 5. The van der Waals surface area contributed by atoms with E-state index in [1.54, 1.807) is 125 Å². The molecule has 3 aliphatic heterocycles. The molecule has 0 saturated carbocycles. The lowest BCUT2D eigenvalue weighted by Gasteiger charge is -2.27. The number of nitro groups is 1. The van der Waals surface area contributed by atoms with E-state index >= 15 is 0 Å². The SMILES string of the molecule is COc1ccc(CNc2ccc(C#N)cc2Nc2ncc(N)c(NC3CCOc4ccc(F)cc43)n2)c(OC)c1.COc1ccc(CNc2ccc(C#N)cc2Nc2ncc([N+](=O)[O-])c(NC3CCOc4ccc(F)cc43)n2)c(OC)c1.N#Cc1ccc2ncn(-c3ncc4ncn(C5CCOc6ccc(F)cc65)c4n3)c2c1. The van der Waals surface area contributed by atoms with Gasteiger partial charge in [-0.15, -0.1) is 0 Å². The summed E-state index contributed by atoms with van der Waals surface area (Å²) in [7, 11) is 6.35. The molecule has 0 fully saturated rings. The van der Waals surface area contributed by atoms with Gasteiger partial charge in [-0.3, -0.25) is 14.7 Å². The quantitative estimate of drug-likeness (QED) is 0.0259. The molecule has 13 aromatic rings. The van der Waals surface area contributed by atoms with E-state index in [2.05, 4.69) is 85.0 Å². The van der Waals surface area contributed by atoms with E-state index in [0.29, 0.717) is 166 Å². The Labute approximate surface area is 642 Å². The van der Waals surface area contributed by atoms with Crippen LogP contribution in [0.5, 0.6) is 40.2 Å². The van der Waals surface area contributed by atoms with Crippen molar-refractivity contribution in [3.63, 3.8) is 0 Å². The minimum absolute atomic E-state index is 0.0477. The van der Waals surface area contributed by atoms with E-state index in [9.17, 15) is 39.1 Å². The van der Waals surface area contributed by atoms with Gasteiger partial charge in [0, 0.05) is 72.3 Å². The molecular weight excluding hydrogens is 1460 g/mol. The summed E-state index contributed by atoms with van der Waals surface area (Å²) in [6, 6.07) is 45.2. The zero-order valence-electron chi connectivity index (χ0n) is 60.8. The van der Waals surface area contributed by atoms with Crippen LogP contribution in [0.25, 0.3) is 28.1 Å². The molecule has 3 unspecified atom stereocenters. The second kappa shape index (κ2) is 33.5. The molecule has 568 valence electrons. The molecule has 0 bridgehead atoms. The van der Waals surface area contributed by atoms with Crippen molar-refractivity contribution < 1.29 is 51.3 Å². The second-order valence-corrected chi connectivity index (χ2v) is 25.6. The summed E-state index contributed by atoms with van der Waals surface area (Å²) < 4.78 is 84.1. The topological polar surface area (TPSA) is 390 Å². The third-order valence-corrected chi connectivity index (χ3v) is 18.7. The number of rotatable bonds is 21. The lowest BCUT2D eigenvalue weighted by atomic mass is 10.0. The van der Waals surface area contributed by atoms with Crippen LogP contribution in [0.3, 0.4) is 0 Å². The number of nitrogen functional groups attached to an aromatic ring is 1. The Morgan fingerprint density at radius 1 is 0.531 bits per heavy atom. The molecular formula is C80H68F3N21O9. The normalized spacial score (nSPS) is 14.2. The Hall–Kier alpha value is -15.2. The smallest absolute Gasteiger partial charge is 0.329 e. The molecule has 0 saturated heterocycles. The summed E-state index contributed by atoms with van der Waals surface area (Å²) in [4.78, 5) is 46.6. The van der Waals surface area contributed by atoms with Gasteiger partial charge in [-0.2, -0.15) is 30.7 Å². The van der Waals surface area contributed by atoms with Crippen LogP contribution >= 0.6 is 0 Å². The highest BCUT2D eigenvalue weighted by atomic mass is 19.1. The van der Waals surface area contributed by atoms with E-state index in [-0.39, 0.29) is 47.1 Å². The third kappa shape index (κ3) is 16.8. The Morgan fingerprint density at radius 2 is 1.04 bits per heavy atom. The maximum Gasteiger partial charge on any atom is 0.329 e. The van der Waals surface area contributed by atoms with Crippen molar-refractivity contribution in [2.45, 2.75) is 50.5 Å². The van der Waals surface area contributed by atoms with E-state index < -0.39 is 16.8 Å². The first kappa shape index (κ1) is 74.6. The van der Waals surface area contributed by atoms with Crippen LogP contribution < -0.4 is 70.8 Å². The largest absolute Gasteiger partial charge is 0.497 e. The molecule has 113 heavy (non-hydrogen) atoms. The Kier molecular flexibility index (Phi) is 22.1. The average molecular weight is 1520 g/mol. The summed E-state index contributed by atoms with van der Waals surface area (Å²) in [5.74, 6) is 4.42. The van der Waals surface area contributed by atoms with Crippen LogP contribution in [0.2, 0.25) is 0 Å². The number of hydrogen-bond acceptors (Lipinski definition) is 27. The number of methoxy groups -OCH3 is 4. The number of nitrogens with one attached hydrogen (secondary N) is 6. The molecule has 8 aromatic carbocycles. The molecule has 8 heterocycles. The molecule has 0 amide bonds. The lowest BCUT2D eigenvalue weighted by Crippen LogP contribution is -2.22. The van der Waals surface area contributed by atoms with Gasteiger partial charge in [0.2, 0.25) is 23.7 Å². The van der Waals surface area contributed by atoms with Crippen molar-refractivity contribution in [3.05, 3.63) is 249 Å². The van der Waals surface area contributed by atoms with Gasteiger partial charge in [-0.05, 0) is 133 Å². The van der Waals surface area contributed by atoms with E-state index in [4.69, 9.17) is 43.9 Å². The first-order valence-electron chi connectivity index (χ1n) is 35.1. The number of imidazole rings is 2. The first-order chi connectivity index (χ1) is 55.0. The van der Waals surface area contributed by atoms with Gasteiger partial charge < -0.3 is 75.4 Å². The number of hydrogen-bond donors (Lipinski definition) is 7. The van der Waals surface area contributed by atoms with Gasteiger partial charge in [-0.1, -0.05) is 0 Å². The van der Waals surface area contributed by atoms with Crippen LogP contribution in [0.15, 0.2) is 177 Å². The van der Waals surface area contributed by atoms with Gasteiger partial charge in [0.25, 0.3) is 0 Å². The van der Waals surface area contributed by atoms with Crippen molar-refractivity contribution in [1.29, 1.82) is 15.8 Å². The molecule has 16 rings (SSSR count). The summed E-state index contributed by atoms with van der Waals surface area (Å²) >= 11 is 0. The van der Waals surface area contributed by atoms with E-state index in [1.807, 2.05) is 34.9 Å². The fourth-order valence-electron chi connectivity index (χ4n) is 13.0. The minimum atomic E-state index is -0.594. The molecule has 0 radical (unpaired) electrons. The number of halogens is 3. The molecule has 3 aliphatic rings. The molecule has 5 aromatic heterocycles.